The molecule has 6 N–H and O–H groups in total. The van der Waals surface area contributed by atoms with E-state index in [2.05, 4.69) is 22.5 Å². The largest absolute Gasteiger partial charge is 0.493 e. The molecule has 4 fully saturated rings. The summed E-state index contributed by atoms with van der Waals surface area (Å²) in [5.74, 6) is -0.882. The highest BCUT2D eigenvalue weighted by Gasteiger charge is 2.89. The minimum atomic E-state index is -1.29. The Labute approximate surface area is 280 Å². The highest BCUT2D eigenvalue weighted by atomic mass is 19.1. The molecule has 0 bridgehead atoms. The molecular formula is C35H50F2N4O7. The van der Waals surface area contributed by atoms with Crippen molar-refractivity contribution in [1.82, 2.24) is 20.4 Å². The SMILES string of the molecule is CCOC12CC3=C1C3C1(N3CCC(CCCOc4cc(F)c(CC(=O)N5CCC(O)(CNCC(CO)(CO)CO)C5)c(F)c4)CC3)N[C@H]21. The monoisotopic (exact) mass is 676 g/mol. The summed E-state index contributed by atoms with van der Waals surface area (Å²) >= 11 is 0. The van der Waals surface area contributed by atoms with Gasteiger partial charge in [0, 0.05) is 69.4 Å². The summed E-state index contributed by atoms with van der Waals surface area (Å²) in [7, 11) is 0. The number of hydrogen-bond donors (Lipinski definition) is 6. The standard InChI is InChI=1S/C35H50F2N4O7/c1-2-48-34-15-25-29(34)30(25)35(31(34)39-35)41-8-5-22(6-9-41)4-3-11-47-23-12-26(36)24(27(37)13-23)14-28(45)40-10-7-33(46,18-40)17-38-16-32(19-42,20-43)21-44/h12-13,22,30-31,38-39,42-44,46H,2-11,14-21H2,1H3/t30?,31-,33?,34?,35?/m1/s1. The fraction of sp³-hybridized carbons (Fsp3) is 0.743. The number of carbonyl (C=O) groups excluding carboxylic acids is 1. The Morgan fingerprint density at radius 3 is 2.50 bits per heavy atom. The van der Waals surface area contributed by atoms with Crippen molar-refractivity contribution in [3.05, 3.63) is 40.5 Å². The van der Waals surface area contributed by atoms with Gasteiger partial charge in [-0.05, 0) is 50.5 Å². The lowest BCUT2D eigenvalue weighted by Crippen LogP contribution is -2.51. The van der Waals surface area contributed by atoms with Gasteiger partial charge in [0.25, 0.3) is 0 Å². The van der Waals surface area contributed by atoms with Gasteiger partial charge in [0.05, 0.1) is 56.5 Å². The van der Waals surface area contributed by atoms with E-state index in [1.165, 1.54) is 4.90 Å². The number of hydrogen-bond acceptors (Lipinski definition) is 10. The second kappa shape index (κ2) is 12.8. The molecule has 6 aliphatic rings. The van der Waals surface area contributed by atoms with Crippen LogP contribution in [-0.4, -0.2) is 131 Å². The number of halogens is 2. The number of β-amino-alcohol motifs (C(OH)–C–C–N with tert-alkyl or cyclic N) is 1. The summed E-state index contributed by atoms with van der Waals surface area (Å²) < 4.78 is 41.9. The molecule has 1 aromatic carbocycles. The van der Waals surface area contributed by atoms with Gasteiger partial charge in [-0.15, -0.1) is 0 Å². The quantitative estimate of drug-likeness (QED) is 0.0789. The molecule has 3 aliphatic heterocycles. The predicted octanol–water partition coefficient (Wildman–Crippen LogP) is 0.682. The van der Waals surface area contributed by atoms with Crippen LogP contribution < -0.4 is 15.4 Å². The Hall–Kier alpha value is -2.23. The molecule has 5 atom stereocenters. The van der Waals surface area contributed by atoms with Crippen molar-refractivity contribution in [2.45, 2.75) is 74.8 Å². The van der Waals surface area contributed by atoms with Crippen molar-refractivity contribution in [2.24, 2.45) is 17.3 Å². The van der Waals surface area contributed by atoms with Gasteiger partial charge in [-0.2, -0.15) is 0 Å². The zero-order chi connectivity index (χ0) is 33.9. The van der Waals surface area contributed by atoms with Gasteiger partial charge in [0.2, 0.25) is 5.91 Å². The molecule has 0 spiro atoms. The third kappa shape index (κ3) is 5.68. The van der Waals surface area contributed by atoms with Crippen molar-refractivity contribution in [2.75, 3.05) is 72.3 Å². The molecule has 3 saturated heterocycles. The second-order valence-electron chi connectivity index (χ2n) is 15.1. The van der Waals surface area contributed by atoms with Crippen molar-refractivity contribution in [3.8, 4) is 5.75 Å². The van der Waals surface area contributed by atoms with Gasteiger partial charge in [0.1, 0.15) is 28.6 Å². The van der Waals surface area contributed by atoms with Crippen LogP contribution in [0.5, 0.6) is 5.75 Å². The van der Waals surface area contributed by atoms with Crippen molar-refractivity contribution in [3.63, 3.8) is 0 Å². The van der Waals surface area contributed by atoms with Crippen LogP contribution >= 0.6 is 0 Å². The summed E-state index contributed by atoms with van der Waals surface area (Å²) in [6, 6.07) is 2.70. The Morgan fingerprint density at radius 1 is 1.12 bits per heavy atom. The molecule has 48 heavy (non-hydrogen) atoms. The molecule has 1 amide bonds. The maximum atomic E-state index is 15.0. The van der Waals surface area contributed by atoms with Gasteiger partial charge in [0.15, 0.2) is 0 Å². The van der Waals surface area contributed by atoms with Crippen LogP contribution in [-0.2, 0) is 16.0 Å². The zero-order valence-corrected chi connectivity index (χ0v) is 27.8. The highest BCUT2D eigenvalue weighted by molar-refractivity contribution is 5.79. The lowest BCUT2D eigenvalue weighted by atomic mass is 9.82. The maximum Gasteiger partial charge on any atom is 0.227 e. The number of ether oxygens (including phenoxy) is 2. The Bertz CT molecular complexity index is 1400. The molecule has 266 valence electrons. The number of likely N-dealkylation sites (tertiary alicyclic amines) is 2. The van der Waals surface area contributed by atoms with E-state index < -0.39 is 54.8 Å². The average Bonchev–Trinajstić information content (AvgIpc) is 3.92. The summed E-state index contributed by atoms with van der Waals surface area (Å²) in [5.41, 5.74) is 0.573. The van der Waals surface area contributed by atoms with Crippen molar-refractivity contribution in [1.29, 1.82) is 0 Å². The van der Waals surface area contributed by atoms with E-state index in [0.717, 1.165) is 63.9 Å². The van der Waals surface area contributed by atoms with Crippen molar-refractivity contribution >= 4 is 5.91 Å². The number of piperidine rings is 2. The Morgan fingerprint density at radius 2 is 1.83 bits per heavy atom. The normalized spacial score (nSPS) is 32.4. The highest BCUT2D eigenvalue weighted by Crippen LogP contribution is 2.79. The van der Waals surface area contributed by atoms with Gasteiger partial charge in [-0.3, -0.25) is 15.0 Å². The fourth-order valence-electron chi connectivity index (χ4n) is 9.17. The first-order chi connectivity index (χ1) is 23.1. The molecule has 4 unspecified atom stereocenters. The van der Waals surface area contributed by atoms with E-state index in [0.29, 0.717) is 24.5 Å². The summed E-state index contributed by atoms with van der Waals surface area (Å²) in [4.78, 5) is 17.0. The first-order valence-electron chi connectivity index (χ1n) is 17.6. The van der Waals surface area contributed by atoms with E-state index in [4.69, 9.17) is 9.47 Å². The third-order valence-electron chi connectivity index (χ3n) is 12.1. The number of aliphatic hydroxyl groups is 4. The topological polar surface area (TPSA) is 157 Å². The third-order valence-corrected chi connectivity index (χ3v) is 12.1. The fourth-order valence-corrected chi connectivity index (χ4v) is 9.17. The van der Waals surface area contributed by atoms with Gasteiger partial charge >= 0.3 is 0 Å². The minimum absolute atomic E-state index is 0.0187. The molecule has 11 nitrogen and oxygen atoms in total. The first kappa shape index (κ1) is 34.2. The van der Waals surface area contributed by atoms with Gasteiger partial charge < -0.3 is 40.1 Å². The maximum absolute atomic E-state index is 15.0. The van der Waals surface area contributed by atoms with Crippen LogP contribution in [0.25, 0.3) is 0 Å². The molecule has 7 rings (SSSR count). The lowest BCUT2D eigenvalue weighted by molar-refractivity contribution is -0.130. The number of nitrogens with one attached hydrogen (secondary N) is 2. The number of amides is 1. The second-order valence-corrected chi connectivity index (χ2v) is 15.1. The molecule has 0 radical (unpaired) electrons. The van der Waals surface area contributed by atoms with Gasteiger partial charge in [-0.1, -0.05) is 5.57 Å². The van der Waals surface area contributed by atoms with Crippen LogP contribution in [0, 0.1) is 28.9 Å². The van der Waals surface area contributed by atoms with E-state index >= 15 is 0 Å². The minimum Gasteiger partial charge on any atom is -0.493 e. The number of fused-ring (bicyclic) bond motifs is 4. The number of nitrogens with zero attached hydrogens (tertiary/aromatic N) is 2. The van der Waals surface area contributed by atoms with Crippen LogP contribution in [0.3, 0.4) is 0 Å². The lowest BCUT2D eigenvalue weighted by Gasteiger charge is -2.40. The molecule has 13 heteroatoms. The Balaban J connectivity index is 0.820. The molecule has 0 aromatic heterocycles. The van der Waals surface area contributed by atoms with E-state index in [-0.39, 0.29) is 55.2 Å². The number of benzene rings is 1. The van der Waals surface area contributed by atoms with Crippen LogP contribution in [0.4, 0.5) is 8.78 Å². The van der Waals surface area contributed by atoms with Crippen LogP contribution in [0.15, 0.2) is 23.3 Å². The summed E-state index contributed by atoms with van der Waals surface area (Å²) in [5, 5.41) is 46.1. The number of rotatable bonds is 17. The predicted molar refractivity (Wildman–Crippen MR) is 171 cm³/mol. The summed E-state index contributed by atoms with van der Waals surface area (Å²) in [6.45, 7) is 4.33. The number of carbonyl (C=O) groups is 1. The molecule has 1 aromatic rings. The van der Waals surface area contributed by atoms with Gasteiger partial charge in [-0.25, -0.2) is 8.78 Å². The van der Waals surface area contributed by atoms with E-state index in [1.807, 2.05) is 0 Å². The van der Waals surface area contributed by atoms with Crippen LogP contribution in [0.2, 0.25) is 0 Å². The molecule has 3 aliphatic carbocycles. The number of aliphatic hydroxyl groups excluding tert-OH is 3. The van der Waals surface area contributed by atoms with E-state index in [9.17, 15) is 34.0 Å². The zero-order valence-electron chi connectivity index (χ0n) is 27.8. The summed E-state index contributed by atoms with van der Waals surface area (Å²) in [6.07, 6.45) is 4.93. The molecule has 1 saturated carbocycles. The average molecular weight is 677 g/mol. The molecular weight excluding hydrogens is 626 g/mol. The molecule has 3 heterocycles. The van der Waals surface area contributed by atoms with Crippen LogP contribution in [0.1, 0.15) is 51.0 Å². The Kier molecular flexibility index (Phi) is 9.15. The van der Waals surface area contributed by atoms with Crippen molar-refractivity contribution < 1.29 is 43.5 Å². The first-order valence-corrected chi connectivity index (χ1v) is 17.6. The smallest absolute Gasteiger partial charge is 0.227 e. The van der Waals surface area contributed by atoms with E-state index in [1.54, 1.807) is 11.1 Å².